The lowest BCUT2D eigenvalue weighted by Gasteiger charge is -2.33. The Morgan fingerprint density at radius 1 is 0.895 bits per heavy atom. The number of carbonyl (C=O) groups is 3. The van der Waals surface area contributed by atoms with E-state index in [0.29, 0.717) is 4.31 Å². The number of fused-ring (bicyclic) bond motifs is 1. The summed E-state index contributed by atoms with van der Waals surface area (Å²) in [5.74, 6) is -1.76. The van der Waals surface area contributed by atoms with Gasteiger partial charge < -0.3 is 10.2 Å². The van der Waals surface area contributed by atoms with Gasteiger partial charge in [-0.05, 0) is 44.0 Å². The monoisotopic (exact) mass is 533 g/mol. The lowest BCUT2D eigenvalue weighted by molar-refractivity contribution is -0.141. The summed E-state index contributed by atoms with van der Waals surface area (Å²) in [4.78, 5) is 41.6. The summed E-state index contributed by atoms with van der Waals surface area (Å²) in [5.41, 5.74) is 2.69. The summed E-state index contributed by atoms with van der Waals surface area (Å²) in [7, 11) is -4.19. The zero-order chi connectivity index (χ0) is 27.4. The summed E-state index contributed by atoms with van der Waals surface area (Å²) >= 11 is 0. The van der Waals surface area contributed by atoms with E-state index in [2.05, 4.69) is 5.32 Å². The van der Waals surface area contributed by atoms with Crippen LogP contribution >= 0.6 is 0 Å². The minimum absolute atomic E-state index is 0.0313. The Morgan fingerprint density at radius 3 is 2.16 bits per heavy atom. The summed E-state index contributed by atoms with van der Waals surface area (Å²) in [5, 5.41) is 2.89. The van der Waals surface area contributed by atoms with Crippen LogP contribution in [-0.4, -0.2) is 54.0 Å². The Kier molecular flexibility index (Phi) is 7.97. The second kappa shape index (κ2) is 11.2. The fourth-order valence-electron chi connectivity index (χ4n) is 4.43. The highest BCUT2D eigenvalue weighted by molar-refractivity contribution is 7.90. The smallest absolute Gasteiger partial charge is 0.269 e. The van der Waals surface area contributed by atoms with Crippen LogP contribution in [0.2, 0.25) is 0 Å². The molecule has 1 heterocycles. The maximum Gasteiger partial charge on any atom is 0.269 e. The zero-order valence-electron chi connectivity index (χ0n) is 21.6. The van der Waals surface area contributed by atoms with Crippen molar-refractivity contribution in [2.24, 2.45) is 0 Å². The van der Waals surface area contributed by atoms with Gasteiger partial charge in [0.1, 0.15) is 17.5 Å². The average Bonchev–Trinajstić information content (AvgIpc) is 3.08. The minimum Gasteiger partial charge on any atom is -0.352 e. The summed E-state index contributed by atoms with van der Waals surface area (Å²) < 4.78 is 26.9. The number of hydrogen-bond donors (Lipinski definition) is 1. The standard InChI is InChI=1S/C29H31N3O5S/c1-20(2)30-28(34)25(17-22-9-5-4-6-10-22)31(18-23-15-13-21(3)14-16-23)27(33)19-32-29(35)24-11-7-8-12-26(24)38(32,36)37/h4-16,20,25H,17-19H2,1-3H3,(H,30,34)/t25-/m1/s1. The largest absolute Gasteiger partial charge is 0.352 e. The third-order valence-electron chi connectivity index (χ3n) is 6.37. The van der Waals surface area contributed by atoms with E-state index in [1.54, 1.807) is 6.07 Å². The van der Waals surface area contributed by atoms with Gasteiger partial charge in [-0.1, -0.05) is 72.3 Å². The van der Waals surface area contributed by atoms with Crippen molar-refractivity contribution in [3.8, 4) is 0 Å². The van der Waals surface area contributed by atoms with Gasteiger partial charge in [-0.15, -0.1) is 0 Å². The molecule has 9 heteroatoms. The van der Waals surface area contributed by atoms with Gasteiger partial charge in [0.05, 0.1) is 5.56 Å². The van der Waals surface area contributed by atoms with Crippen molar-refractivity contribution in [1.29, 1.82) is 0 Å². The van der Waals surface area contributed by atoms with Crippen molar-refractivity contribution in [2.45, 2.75) is 50.7 Å². The van der Waals surface area contributed by atoms with Crippen LogP contribution in [0.4, 0.5) is 0 Å². The summed E-state index contributed by atoms with van der Waals surface area (Å²) in [6.45, 7) is 4.97. The van der Waals surface area contributed by atoms with E-state index in [4.69, 9.17) is 0 Å². The third-order valence-corrected chi connectivity index (χ3v) is 8.15. The van der Waals surface area contributed by atoms with E-state index < -0.39 is 34.4 Å². The van der Waals surface area contributed by atoms with Gasteiger partial charge in [-0.25, -0.2) is 12.7 Å². The molecule has 1 N–H and O–H groups in total. The number of nitrogens with zero attached hydrogens (tertiary/aromatic N) is 2. The van der Waals surface area contributed by atoms with Crippen LogP contribution in [0.5, 0.6) is 0 Å². The van der Waals surface area contributed by atoms with Crippen molar-refractivity contribution in [2.75, 3.05) is 6.54 Å². The van der Waals surface area contributed by atoms with Crippen molar-refractivity contribution in [3.05, 3.63) is 101 Å². The predicted octanol–water partition coefficient (Wildman–Crippen LogP) is 3.30. The van der Waals surface area contributed by atoms with Gasteiger partial charge in [0.2, 0.25) is 11.8 Å². The number of carbonyl (C=O) groups excluding carboxylic acids is 3. The number of benzene rings is 3. The molecular weight excluding hydrogens is 502 g/mol. The Hall–Kier alpha value is -3.98. The van der Waals surface area contributed by atoms with E-state index in [1.165, 1.54) is 23.1 Å². The van der Waals surface area contributed by atoms with Gasteiger partial charge in [-0.2, -0.15) is 0 Å². The molecule has 0 spiro atoms. The molecule has 198 valence electrons. The molecule has 3 aromatic rings. The van der Waals surface area contributed by atoms with Crippen LogP contribution in [-0.2, 0) is 32.6 Å². The molecule has 8 nitrogen and oxygen atoms in total. The molecule has 1 aliphatic heterocycles. The number of nitrogens with one attached hydrogen (secondary N) is 1. The normalized spacial score (nSPS) is 14.7. The van der Waals surface area contributed by atoms with Gasteiger partial charge in [0, 0.05) is 19.0 Å². The maximum atomic E-state index is 13.9. The van der Waals surface area contributed by atoms with Crippen LogP contribution in [0, 0.1) is 6.92 Å². The highest BCUT2D eigenvalue weighted by atomic mass is 32.2. The summed E-state index contributed by atoms with van der Waals surface area (Å²) in [6.07, 6.45) is 0.220. The first-order chi connectivity index (χ1) is 18.1. The molecule has 0 aromatic heterocycles. The Labute approximate surface area is 223 Å². The van der Waals surface area contributed by atoms with E-state index in [-0.39, 0.29) is 35.4 Å². The quantitative estimate of drug-likeness (QED) is 0.455. The van der Waals surface area contributed by atoms with Gasteiger partial charge in [0.15, 0.2) is 0 Å². The van der Waals surface area contributed by atoms with Gasteiger partial charge in [-0.3, -0.25) is 14.4 Å². The first kappa shape index (κ1) is 27.1. The lowest BCUT2D eigenvalue weighted by Crippen LogP contribution is -2.54. The van der Waals surface area contributed by atoms with E-state index in [1.807, 2.05) is 75.4 Å². The van der Waals surface area contributed by atoms with Gasteiger partial charge in [0.25, 0.3) is 15.9 Å². The molecule has 0 saturated carbocycles. The number of sulfonamides is 1. The Balaban J connectivity index is 1.71. The average molecular weight is 534 g/mol. The lowest BCUT2D eigenvalue weighted by atomic mass is 10.0. The van der Waals surface area contributed by atoms with Crippen molar-refractivity contribution < 1.29 is 22.8 Å². The van der Waals surface area contributed by atoms with Crippen molar-refractivity contribution in [3.63, 3.8) is 0 Å². The maximum absolute atomic E-state index is 13.9. The van der Waals surface area contributed by atoms with Crippen molar-refractivity contribution >= 4 is 27.7 Å². The predicted molar refractivity (Wildman–Crippen MR) is 144 cm³/mol. The van der Waals surface area contributed by atoms with Crippen LogP contribution in [0.3, 0.4) is 0 Å². The van der Waals surface area contributed by atoms with E-state index in [0.717, 1.165) is 16.7 Å². The van der Waals surface area contributed by atoms with Crippen LogP contribution < -0.4 is 5.32 Å². The molecule has 3 aromatic carbocycles. The SMILES string of the molecule is Cc1ccc(CN(C(=O)CN2C(=O)c3ccccc3S2(=O)=O)[C@H](Cc2ccccc2)C(=O)NC(C)C)cc1. The highest BCUT2D eigenvalue weighted by Crippen LogP contribution is 2.30. The molecule has 38 heavy (non-hydrogen) atoms. The fourth-order valence-corrected chi connectivity index (χ4v) is 5.94. The fraction of sp³-hybridized carbons (Fsp3) is 0.276. The van der Waals surface area contributed by atoms with Crippen LogP contribution in [0.15, 0.2) is 83.8 Å². The molecule has 0 bridgehead atoms. The number of hydrogen-bond acceptors (Lipinski definition) is 5. The topological polar surface area (TPSA) is 104 Å². The Morgan fingerprint density at radius 2 is 1.53 bits per heavy atom. The number of rotatable bonds is 9. The first-order valence-electron chi connectivity index (χ1n) is 12.4. The van der Waals surface area contributed by atoms with E-state index >= 15 is 0 Å². The third kappa shape index (κ3) is 5.78. The minimum atomic E-state index is -4.19. The Bertz CT molecular complexity index is 1440. The van der Waals surface area contributed by atoms with Crippen LogP contribution in [0.1, 0.15) is 40.9 Å². The molecule has 0 fully saturated rings. The molecule has 0 saturated heterocycles. The van der Waals surface area contributed by atoms with Crippen molar-refractivity contribution in [1.82, 2.24) is 14.5 Å². The number of aryl methyl sites for hydroxylation is 1. The van der Waals surface area contributed by atoms with Crippen LogP contribution in [0.25, 0.3) is 0 Å². The molecule has 4 rings (SSSR count). The second-order valence-electron chi connectivity index (χ2n) is 9.69. The molecule has 0 unspecified atom stereocenters. The molecule has 1 atom stereocenters. The highest BCUT2D eigenvalue weighted by Gasteiger charge is 2.43. The first-order valence-corrected chi connectivity index (χ1v) is 13.9. The molecule has 1 aliphatic rings. The molecule has 0 radical (unpaired) electrons. The van der Waals surface area contributed by atoms with E-state index in [9.17, 15) is 22.8 Å². The second-order valence-corrected chi connectivity index (χ2v) is 11.5. The van der Waals surface area contributed by atoms with Gasteiger partial charge >= 0.3 is 0 Å². The molecule has 0 aliphatic carbocycles. The molecular formula is C29H31N3O5S. The zero-order valence-corrected chi connectivity index (χ0v) is 22.4. The number of amides is 3. The summed E-state index contributed by atoms with van der Waals surface area (Å²) in [6, 6.07) is 21.6. The molecule has 3 amide bonds.